The molecule has 0 spiro atoms. The van der Waals surface area contributed by atoms with E-state index in [1.807, 2.05) is 24.3 Å². The van der Waals surface area contributed by atoms with Gasteiger partial charge in [0.1, 0.15) is 42.3 Å². The van der Waals surface area contributed by atoms with Crippen LogP contribution in [-0.4, -0.2) is 130 Å². The lowest BCUT2D eigenvalue weighted by Gasteiger charge is -2.31. The largest absolute Gasteiger partial charge is 0.480 e. The van der Waals surface area contributed by atoms with Crippen LogP contribution in [0.3, 0.4) is 0 Å². The third-order valence-electron chi connectivity index (χ3n) is 12.1. The quantitative estimate of drug-likeness (QED) is 0.0458. The van der Waals surface area contributed by atoms with Crippen LogP contribution in [0.5, 0.6) is 0 Å². The van der Waals surface area contributed by atoms with Crippen molar-refractivity contribution in [2.45, 2.75) is 140 Å². The molecule has 20 nitrogen and oxygen atoms in total. The number of para-hydroxylation sites is 1. The van der Waals surface area contributed by atoms with Gasteiger partial charge in [0, 0.05) is 36.5 Å². The first kappa shape index (κ1) is 54.2. The second kappa shape index (κ2) is 26.8. The summed E-state index contributed by atoms with van der Waals surface area (Å²) >= 11 is 0. The Morgan fingerprint density at radius 2 is 1.26 bits per heavy atom. The maximum Gasteiger partial charge on any atom is 0.325 e. The topological polar surface area (TPSA) is 326 Å². The van der Waals surface area contributed by atoms with E-state index in [0.29, 0.717) is 57.2 Å². The molecule has 1 aromatic heterocycles. The number of aromatic amines is 1. The van der Waals surface area contributed by atoms with Crippen molar-refractivity contribution in [2.75, 3.05) is 19.6 Å². The fourth-order valence-electron chi connectivity index (χ4n) is 8.06. The van der Waals surface area contributed by atoms with Crippen molar-refractivity contribution < 1.29 is 43.5 Å². The first-order valence-electron chi connectivity index (χ1n) is 23.6. The molecule has 1 aliphatic heterocycles. The van der Waals surface area contributed by atoms with Crippen molar-refractivity contribution in [1.29, 1.82) is 0 Å². The number of hydrogen-bond acceptors (Lipinski definition) is 11. The van der Waals surface area contributed by atoms with Crippen LogP contribution in [0.2, 0.25) is 0 Å². The zero-order valence-electron chi connectivity index (χ0n) is 39.6. The molecule has 20 heteroatoms. The monoisotopic (exact) mass is 946 g/mol. The molecule has 68 heavy (non-hydrogen) atoms. The number of carboxylic acid groups (broad SMARTS) is 1. The fourth-order valence-corrected chi connectivity index (χ4v) is 8.06. The van der Waals surface area contributed by atoms with Gasteiger partial charge in [0.15, 0.2) is 0 Å². The van der Waals surface area contributed by atoms with Crippen molar-refractivity contribution >= 4 is 58.2 Å². The number of hydrogen-bond donors (Lipinski definition) is 11. The molecule has 4 rings (SSSR count). The highest BCUT2D eigenvalue weighted by atomic mass is 16.4. The number of nitrogens with zero attached hydrogens (tertiary/aromatic N) is 1. The second-order valence-corrected chi connectivity index (χ2v) is 17.8. The summed E-state index contributed by atoms with van der Waals surface area (Å²) in [5.74, 6) is -6.07. The fraction of sp³-hybridized carbons (Fsp3) is 0.542. The Morgan fingerprint density at radius 3 is 1.93 bits per heavy atom. The van der Waals surface area contributed by atoms with E-state index in [2.05, 4.69) is 36.9 Å². The van der Waals surface area contributed by atoms with Crippen LogP contribution in [0.1, 0.15) is 90.2 Å². The summed E-state index contributed by atoms with van der Waals surface area (Å²) in [5, 5.41) is 26.3. The minimum Gasteiger partial charge on any atom is -0.480 e. The zero-order valence-corrected chi connectivity index (χ0v) is 39.6. The van der Waals surface area contributed by atoms with Crippen LogP contribution in [-0.2, 0) is 51.2 Å². The number of carbonyl (C=O) groups excluding carboxylic acids is 7. The van der Waals surface area contributed by atoms with Gasteiger partial charge < -0.3 is 64.1 Å². The maximum absolute atomic E-state index is 14.3. The van der Waals surface area contributed by atoms with Crippen LogP contribution < -0.4 is 49.1 Å². The van der Waals surface area contributed by atoms with E-state index < -0.39 is 102 Å². The van der Waals surface area contributed by atoms with Crippen LogP contribution in [0.4, 0.5) is 0 Å². The SMILES string of the molecule is CC(C)[C@H](NC(=O)[C@@H]1CCCN1C(=O)[C@H](CCCCN)NC(=O)[C@H](C)NC(=O)[C@H](Cc1ccccc1)NC(=O)[C@H](Cc1c[nH]c2ccccc12)NC(=O)[C@@H](N)CCCCN)C(=O)N[C@@H](C)C(=O)O. The number of aromatic nitrogens is 1. The molecule has 2 heterocycles. The van der Waals surface area contributed by atoms with E-state index in [0.717, 1.165) is 16.5 Å². The minimum absolute atomic E-state index is 0.0234. The van der Waals surface area contributed by atoms with E-state index in [9.17, 15) is 43.5 Å². The van der Waals surface area contributed by atoms with Crippen LogP contribution >= 0.6 is 0 Å². The van der Waals surface area contributed by atoms with Crippen molar-refractivity contribution in [2.24, 2.45) is 23.1 Å². The van der Waals surface area contributed by atoms with Gasteiger partial charge >= 0.3 is 5.97 Å². The molecule has 0 saturated carbocycles. The molecule has 0 unspecified atom stereocenters. The Hall–Kier alpha value is -6.38. The lowest BCUT2D eigenvalue weighted by atomic mass is 10.0. The van der Waals surface area contributed by atoms with Crippen molar-refractivity contribution in [3.63, 3.8) is 0 Å². The van der Waals surface area contributed by atoms with Crippen molar-refractivity contribution in [3.8, 4) is 0 Å². The number of carboxylic acids is 1. The molecule has 1 saturated heterocycles. The molecule has 0 bridgehead atoms. The molecule has 1 fully saturated rings. The van der Waals surface area contributed by atoms with E-state index in [1.165, 1.54) is 18.7 Å². The van der Waals surface area contributed by atoms with Gasteiger partial charge in [-0.15, -0.1) is 0 Å². The molecule has 372 valence electrons. The first-order valence-corrected chi connectivity index (χ1v) is 23.6. The number of amides is 7. The molecular weight excluding hydrogens is 875 g/mol. The lowest BCUT2D eigenvalue weighted by molar-refractivity contribution is -0.143. The number of carbonyl (C=O) groups is 8. The summed E-state index contributed by atoms with van der Waals surface area (Å²) in [6.07, 6.45) is 5.42. The van der Waals surface area contributed by atoms with E-state index in [1.54, 1.807) is 50.4 Å². The number of nitrogens with two attached hydrogens (primary N) is 3. The third kappa shape index (κ3) is 15.9. The Kier molecular flexibility index (Phi) is 21.4. The molecule has 7 amide bonds. The van der Waals surface area contributed by atoms with Gasteiger partial charge in [-0.25, -0.2) is 0 Å². The summed E-state index contributed by atoms with van der Waals surface area (Å²) in [6.45, 7) is 7.11. The number of nitrogens with one attached hydrogen (secondary N) is 7. The standard InChI is InChI=1S/C48H71N11O9/c1-28(2)40(46(65)54-30(4)48(67)68)58-45(64)39-21-14-24-59(39)47(66)36(20-11-13-23-50)55-41(60)29(3)53-43(62)37(25-31-15-6-5-7-16-31)57-44(63)38(56-42(61)34(51)18-10-12-22-49)26-32-27-52-35-19-9-8-17-33(32)35/h5-9,15-17,19,27-30,34,36-40,52H,10-14,18,20-26,49-51H2,1-4H3,(H,53,62)(H,54,65)(H,55,60)(H,56,61)(H,57,63)(H,58,64)(H,67,68)/t29-,30-,34-,36-,37-,38-,39-,40-/m0/s1. The predicted octanol–water partition coefficient (Wildman–Crippen LogP) is 0.219. The number of aliphatic carboxylic acids is 1. The van der Waals surface area contributed by atoms with Gasteiger partial charge in [0.25, 0.3) is 0 Å². The number of rotatable bonds is 27. The molecule has 0 radical (unpaired) electrons. The van der Waals surface area contributed by atoms with Gasteiger partial charge in [0.05, 0.1) is 6.04 Å². The van der Waals surface area contributed by atoms with E-state index >= 15 is 0 Å². The van der Waals surface area contributed by atoms with Crippen LogP contribution in [0, 0.1) is 5.92 Å². The average Bonchev–Trinajstić information content (AvgIpc) is 3.98. The summed E-state index contributed by atoms with van der Waals surface area (Å²) in [6, 6.07) is 7.59. The Morgan fingerprint density at radius 1 is 0.676 bits per heavy atom. The molecule has 14 N–H and O–H groups in total. The van der Waals surface area contributed by atoms with E-state index in [-0.39, 0.29) is 32.2 Å². The van der Waals surface area contributed by atoms with Crippen molar-refractivity contribution in [1.82, 2.24) is 41.8 Å². The number of unbranched alkanes of at least 4 members (excludes halogenated alkanes) is 2. The Labute approximate surface area is 397 Å². The molecular formula is C48H71N11O9. The summed E-state index contributed by atoms with van der Waals surface area (Å²) in [7, 11) is 0. The second-order valence-electron chi connectivity index (χ2n) is 17.8. The lowest BCUT2D eigenvalue weighted by Crippen LogP contribution is -2.60. The van der Waals surface area contributed by atoms with E-state index in [4.69, 9.17) is 17.2 Å². The number of likely N-dealkylation sites (tertiary alicyclic amines) is 1. The van der Waals surface area contributed by atoms with Gasteiger partial charge in [-0.05, 0) is 95.0 Å². The molecule has 2 aromatic carbocycles. The number of benzene rings is 2. The molecule has 1 aliphatic rings. The molecule has 0 aliphatic carbocycles. The normalized spacial score (nSPS) is 16.6. The first-order chi connectivity index (χ1) is 32.4. The summed E-state index contributed by atoms with van der Waals surface area (Å²) < 4.78 is 0. The molecule has 3 aromatic rings. The molecule has 8 atom stereocenters. The number of fused-ring (bicyclic) bond motifs is 1. The highest BCUT2D eigenvalue weighted by molar-refractivity contribution is 5.98. The zero-order chi connectivity index (χ0) is 49.9. The average molecular weight is 946 g/mol. The Bertz CT molecular complexity index is 2190. The number of H-pyrrole nitrogens is 1. The van der Waals surface area contributed by atoms with Crippen molar-refractivity contribution in [3.05, 3.63) is 71.9 Å². The third-order valence-corrected chi connectivity index (χ3v) is 12.1. The van der Waals surface area contributed by atoms with Gasteiger partial charge in [-0.2, -0.15) is 0 Å². The Balaban J connectivity index is 1.52. The highest BCUT2D eigenvalue weighted by Crippen LogP contribution is 2.22. The van der Waals surface area contributed by atoms with Crippen LogP contribution in [0.25, 0.3) is 10.9 Å². The minimum atomic E-state index is -1.24. The summed E-state index contributed by atoms with van der Waals surface area (Å²) in [5.41, 5.74) is 19.9. The summed E-state index contributed by atoms with van der Waals surface area (Å²) in [4.78, 5) is 113. The smallest absolute Gasteiger partial charge is 0.325 e. The van der Waals surface area contributed by atoms with Gasteiger partial charge in [0.2, 0.25) is 41.4 Å². The van der Waals surface area contributed by atoms with Gasteiger partial charge in [-0.3, -0.25) is 38.4 Å². The van der Waals surface area contributed by atoms with Crippen LogP contribution in [0.15, 0.2) is 60.8 Å². The van der Waals surface area contributed by atoms with Gasteiger partial charge in [-0.1, -0.05) is 68.8 Å². The maximum atomic E-state index is 14.3. The predicted molar refractivity (Wildman–Crippen MR) is 256 cm³/mol. The highest BCUT2D eigenvalue weighted by Gasteiger charge is 2.40.